The summed E-state index contributed by atoms with van der Waals surface area (Å²) in [5, 5.41) is 0.220. The van der Waals surface area contributed by atoms with Crippen LogP contribution in [-0.4, -0.2) is 34.1 Å². The summed E-state index contributed by atoms with van der Waals surface area (Å²) in [6.45, 7) is 6.60. The summed E-state index contributed by atoms with van der Waals surface area (Å²) in [5.74, 6) is 0.652. The maximum atomic E-state index is 6.02. The van der Waals surface area contributed by atoms with Crippen molar-refractivity contribution in [3.8, 4) is 6.01 Å². The Morgan fingerprint density at radius 2 is 1.76 bits per heavy atom. The minimum Gasteiger partial charge on any atom is -0.460 e. The summed E-state index contributed by atoms with van der Waals surface area (Å²) in [5.41, 5.74) is 0.428. The van der Waals surface area contributed by atoms with Gasteiger partial charge >= 0.3 is 6.01 Å². The zero-order chi connectivity index (χ0) is 14.9. The molecule has 116 valence electrons. The first-order chi connectivity index (χ1) is 10.0. The molecule has 0 bridgehead atoms. The van der Waals surface area contributed by atoms with E-state index < -0.39 is 0 Å². The highest BCUT2D eigenvalue weighted by Crippen LogP contribution is 2.36. The minimum atomic E-state index is 0.197. The lowest BCUT2D eigenvalue weighted by Gasteiger charge is -2.33. The van der Waals surface area contributed by atoms with Crippen molar-refractivity contribution >= 4 is 17.5 Å². The summed E-state index contributed by atoms with van der Waals surface area (Å²) < 4.78 is 5.96. The summed E-state index contributed by atoms with van der Waals surface area (Å²) >= 11 is 6.02. The molecule has 1 saturated carbocycles. The van der Waals surface area contributed by atoms with Crippen LogP contribution in [0.5, 0.6) is 6.01 Å². The van der Waals surface area contributed by atoms with Gasteiger partial charge in [0.05, 0.1) is 0 Å². The van der Waals surface area contributed by atoms with Gasteiger partial charge in [-0.2, -0.15) is 15.0 Å². The van der Waals surface area contributed by atoms with E-state index in [4.69, 9.17) is 16.3 Å². The molecule has 1 aromatic rings. The first-order valence-corrected chi connectivity index (χ1v) is 8.23. The number of rotatable bonds is 3. The van der Waals surface area contributed by atoms with Crippen LogP contribution in [0.25, 0.3) is 0 Å². The highest BCUT2D eigenvalue weighted by molar-refractivity contribution is 6.28. The Kier molecular flexibility index (Phi) is 4.20. The second kappa shape index (κ2) is 5.95. The van der Waals surface area contributed by atoms with E-state index in [-0.39, 0.29) is 11.4 Å². The molecule has 0 atom stereocenters. The van der Waals surface area contributed by atoms with Gasteiger partial charge in [-0.25, -0.2) is 0 Å². The van der Waals surface area contributed by atoms with Gasteiger partial charge in [-0.3, -0.25) is 0 Å². The Labute approximate surface area is 131 Å². The molecule has 2 heterocycles. The van der Waals surface area contributed by atoms with Crippen LogP contribution in [-0.2, 0) is 0 Å². The molecule has 1 saturated heterocycles. The quantitative estimate of drug-likeness (QED) is 0.855. The third-order valence-electron chi connectivity index (χ3n) is 4.52. The molecular weight excluding hydrogens is 288 g/mol. The monoisotopic (exact) mass is 310 g/mol. The molecule has 21 heavy (non-hydrogen) atoms. The Morgan fingerprint density at radius 3 is 2.43 bits per heavy atom. The van der Waals surface area contributed by atoms with Crippen LogP contribution < -0.4 is 9.64 Å². The van der Waals surface area contributed by atoms with E-state index in [0.29, 0.717) is 17.4 Å². The van der Waals surface area contributed by atoms with Crippen LogP contribution in [0.4, 0.5) is 5.95 Å². The van der Waals surface area contributed by atoms with Gasteiger partial charge in [0.15, 0.2) is 0 Å². The maximum absolute atomic E-state index is 6.02. The van der Waals surface area contributed by atoms with Crippen molar-refractivity contribution in [1.29, 1.82) is 0 Å². The standard InChI is InChI=1S/C15H23ClN4O/c1-15(2)7-5-11(6-8-15)21-14-18-12(16)17-13(19-14)20-9-3-4-10-20/h11H,3-10H2,1-2H3. The fourth-order valence-electron chi connectivity index (χ4n) is 3.07. The van der Waals surface area contributed by atoms with Crippen molar-refractivity contribution in [3.05, 3.63) is 5.28 Å². The lowest BCUT2D eigenvalue weighted by molar-refractivity contribution is 0.0905. The van der Waals surface area contributed by atoms with Gasteiger partial charge in [0, 0.05) is 13.1 Å². The number of ether oxygens (including phenoxy) is 1. The summed E-state index contributed by atoms with van der Waals surface area (Å²) in [4.78, 5) is 14.9. The third-order valence-corrected chi connectivity index (χ3v) is 4.69. The third kappa shape index (κ3) is 3.76. The molecule has 0 radical (unpaired) electrons. The Bertz CT molecular complexity index is 492. The minimum absolute atomic E-state index is 0.197. The van der Waals surface area contributed by atoms with E-state index in [1.165, 1.54) is 25.7 Å². The Hall–Kier alpha value is -1.10. The molecule has 2 fully saturated rings. The van der Waals surface area contributed by atoms with E-state index in [1.807, 2.05) is 0 Å². The van der Waals surface area contributed by atoms with Crippen LogP contribution in [0.3, 0.4) is 0 Å². The van der Waals surface area contributed by atoms with Crippen molar-refractivity contribution in [3.63, 3.8) is 0 Å². The molecule has 6 heteroatoms. The molecular formula is C15H23ClN4O. The van der Waals surface area contributed by atoms with Crippen LogP contribution in [0.2, 0.25) is 5.28 Å². The first kappa shape index (κ1) is 14.8. The smallest absolute Gasteiger partial charge is 0.322 e. The molecule has 0 N–H and O–H groups in total. The average molecular weight is 311 g/mol. The molecule has 0 amide bonds. The number of aromatic nitrogens is 3. The van der Waals surface area contributed by atoms with Gasteiger partial charge in [-0.15, -0.1) is 0 Å². The molecule has 0 aromatic carbocycles. The molecule has 0 spiro atoms. The van der Waals surface area contributed by atoms with Gasteiger partial charge in [0.2, 0.25) is 11.2 Å². The van der Waals surface area contributed by atoms with E-state index in [0.717, 1.165) is 25.9 Å². The second-order valence-electron chi connectivity index (χ2n) is 6.86. The number of halogens is 1. The second-order valence-corrected chi connectivity index (χ2v) is 7.20. The SMILES string of the molecule is CC1(C)CCC(Oc2nc(Cl)nc(N3CCCC3)n2)CC1. The molecule has 1 aliphatic carbocycles. The lowest BCUT2D eigenvalue weighted by atomic mass is 9.76. The normalized spacial score (nSPS) is 22.5. The molecule has 0 unspecified atom stereocenters. The van der Waals surface area contributed by atoms with Crippen LogP contribution >= 0.6 is 11.6 Å². The Morgan fingerprint density at radius 1 is 1.10 bits per heavy atom. The van der Waals surface area contributed by atoms with E-state index in [1.54, 1.807) is 0 Å². The number of anilines is 1. The summed E-state index contributed by atoms with van der Waals surface area (Å²) in [6, 6.07) is 0.376. The molecule has 1 aromatic heterocycles. The topological polar surface area (TPSA) is 51.1 Å². The van der Waals surface area contributed by atoms with Gasteiger partial charge < -0.3 is 9.64 Å². The van der Waals surface area contributed by atoms with Crippen LogP contribution in [0.15, 0.2) is 0 Å². The van der Waals surface area contributed by atoms with Crippen molar-refractivity contribution in [2.75, 3.05) is 18.0 Å². The largest absolute Gasteiger partial charge is 0.460 e. The van der Waals surface area contributed by atoms with Crippen LogP contribution in [0.1, 0.15) is 52.4 Å². The molecule has 1 aliphatic heterocycles. The van der Waals surface area contributed by atoms with Crippen molar-refractivity contribution in [2.24, 2.45) is 5.41 Å². The highest BCUT2D eigenvalue weighted by atomic mass is 35.5. The van der Waals surface area contributed by atoms with Crippen molar-refractivity contribution in [2.45, 2.75) is 58.5 Å². The van der Waals surface area contributed by atoms with E-state index in [2.05, 4.69) is 33.7 Å². The predicted octanol–water partition coefficient (Wildman–Crippen LogP) is 3.47. The highest BCUT2D eigenvalue weighted by Gasteiger charge is 2.28. The van der Waals surface area contributed by atoms with Gasteiger partial charge in [-0.05, 0) is 55.5 Å². The zero-order valence-electron chi connectivity index (χ0n) is 12.8. The van der Waals surface area contributed by atoms with Crippen molar-refractivity contribution < 1.29 is 4.74 Å². The van der Waals surface area contributed by atoms with E-state index >= 15 is 0 Å². The maximum Gasteiger partial charge on any atom is 0.322 e. The molecule has 2 aliphatic rings. The van der Waals surface area contributed by atoms with Gasteiger partial charge in [0.1, 0.15) is 6.10 Å². The fourth-order valence-corrected chi connectivity index (χ4v) is 3.22. The van der Waals surface area contributed by atoms with E-state index in [9.17, 15) is 0 Å². The lowest BCUT2D eigenvalue weighted by Crippen LogP contribution is -2.29. The first-order valence-electron chi connectivity index (χ1n) is 7.85. The van der Waals surface area contributed by atoms with Crippen molar-refractivity contribution in [1.82, 2.24) is 15.0 Å². The van der Waals surface area contributed by atoms with Gasteiger partial charge in [0.25, 0.3) is 0 Å². The molecule has 5 nitrogen and oxygen atoms in total. The zero-order valence-corrected chi connectivity index (χ0v) is 13.6. The fraction of sp³-hybridized carbons (Fsp3) is 0.800. The summed E-state index contributed by atoms with van der Waals surface area (Å²) in [7, 11) is 0. The average Bonchev–Trinajstić information content (AvgIpc) is 2.95. The molecule has 3 rings (SSSR count). The van der Waals surface area contributed by atoms with Gasteiger partial charge in [-0.1, -0.05) is 13.8 Å². The predicted molar refractivity (Wildman–Crippen MR) is 82.9 cm³/mol. The Balaban J connectivity index is 1.68. The summed E-state index contributed by atoms with van der Waals surface area (Å²) in [6.07, 6.45) is 7.01. The number of hydrogen-bond acceptors (Lipinski definition) is 5. The number of nitrogens with zero attached hydrogens (tertiary/aromatic N) is 4. The number of hydrogen-bond donors (Lipinski definition) is 0. The van der Waals surface area contributed by atoms with Crippen LogP contribution in [0, 0.1) is 5.41 Å².